The Kier molecular flexibility index (Phi) is 4.79. The Labute approximate surface area is 97.8 Å². The molecule has 3 atom stereocenters. The molecule has 0 aromatic heterocycles. The summed E-state index contributed by atoms with van der Waals surface area (Å²) >= 11 is 2.15. The highest BCUT2D eigenvalue weighted by molar-refractivity contribution is 8.00. The van der Waals surface area contributed by atoms with E-state index in [1.807, 2.05) is 0 Å². The monoisotopic (exact) mass is 228 g/mol. The van der Waals surface area contributed by atoms with Gasteiger partial charge in [0.25, 0.3) is 0 Å². The van der Waals surface area contributed by atoms with Crippen molar-refractivity contribution >= 4 is 11.8 Å². The molecule has 2 nitrogen and oxygen atoms in total. The smallest absolute Gasteiger partial charge is 0.0172 e. The fourth-order valence-corrected chi connectivity index (χ4v) is 4.06. The van der Waals surface area contributed by atoms with Crippen molar-refractivity contribution in [2.75, 3.05) is 18.8 Å². The first-order valence-electron chi connectivity index (χ1n) is 6.45. The average molecular weight is 228 g/mol. The quantitative estimate of drug-likeness (QED) is 0.773. The van der Waals surface area contributed by atoms with Gasteiger partial charge in [0.2, 0.25) is 0 Å². The number of rotatable bonds is 4. The van der Waals surface area contributed by atoms with E-state index in [1.165, 1.54) is 50.8 Å². The highest BCUT2D eigenvalue weighted by Crippen LogP contribution is 2.27. The van der Waals surface area contributed by atoms with Crippen molar-refractivity contribution in [3.63, 3.8) is 0 Å². The molecule has 2 fully saturated rings. The Morgan fingerprint density at radius 2 is 2.00 bits per heavy atom. The molecule has 1 saturated carbocycles. The second-order valence-electron chi connectivity index (χ2n) is 4.93. The van der Waals surface area contributed by atoms with E-state index in [0.29, 0.717) is 6.04 Å². The fourth-order valence-electron chi connectivity index (χ4n) is 2.85. The van der Waals surface area contributed by atoms with E-state index in [0.717, 1.165) is 17.7 Å². The lowest BCUT2D eigenvalue weighted by Crippen LogP contribution is -2.43. The van der Waals surface area contributed by atoms with Crippen LogP contribution in [0.4, 0.5) is 0 Å². The summed E-state index contributed by atoms with van der Waals surface area (Å²) in [7, 11) is 0. The van der Waals surface area contributed by atoms with Crippen LogP contribution in [-0.2, 0) is 0 Å². The van der Waals surface area contributed by atoms with Crippen LogP contribution in [0.2, 0.25) is 0 Å². The molecule has 1 saturated heterocycles. The van der Waals surface area contributed by atoms with Crippen LogP contribution < -0.4 is 11.1 Å². The van der Waals surface area contributed by atoms with Gasteiger partial charge in [-0.15, -0.1) is 0 Å². The van der Waals surface area contributed by atoms with Gasteiger partial charge in [0.05, 0.1) is 0 Å². The van der Waals surface area contributed by atoms with Crippen LogP contribution in [0.25, 0.3) is 0 Å². The zero-order chi connectivity index (χ0) is 10.5. The van der Waals surface area contributed by atoms with Crippen molar-refractivity contribution < 1.29 is 0 Å². The molecule has 2 aliphatic rings. The minimum Gasteiger partial charge on any atom is -0.330 e. The minimum atomic E-state index is 0.713. The zero-order valence-electron chi connectivity index (χ0n) is 9.58. The average Bonchev–Trinajstić information content (AvgIpc) is 2.79. The SMILES string of the molecule is NCC1CCCCC1NCC1CCCS1. The molecule has 3 heteroatoms. The highest BCUT2D eigenvalue weighted by atomic mass is 32.2. The molecule has 0 radical (unpaired) electrons. The molecule has 1 aliphatic carbocycles. The van der Waals surface area contributed by atoms with E-state index in [2.05, 4.69) is 17.1 Å². The van der Waals surface area contributed by atoms with Gasteiger partial charge >= 0.3 is 0 Å². The van der Waals surface area contributed by atoms with Crippen LogP contribution in [0, 0.1) is 5.92 Å². The standard InChI is InChI=1S/C12H24N2S/c13-8-10-4-1-2-6-12(10)14-9-11-5-3-7-15-11/h10-12,14H,1-9,13H2. The number of hydrogen-bond donors (Lipinski definition) is 2. The molecular formula is C12H24N2S. The van der Waals surface area contributed by atoms with Crippen molar-refractivity contribution in [2.45, 2.75) is 49.8 Å². The molecule has 0 amide bonds. The fraction of sp³-hybridized carbons (Fsp3) is 1.00. The van der Waals surface area contributed by atoms with E-state index in [1.54, 1.807) is 0 Å². The molecule has 1 aliphatic heterocycles. The first-order valence-corrected chi connectivity index (χ1v) is 7.50. The third-order valence-corrected chi connectivity index (χ3v) is 5.24. The molecule has 3 N–H and O–H groups in total. The van der Waals surface area contributed by atoms with Crippen LogP contribution in [0.3, 0.4) is 0 Å². The van der Waals surface area contributed by atoms with Crippen LogP contribution >= 0.6 is 11.8 Å². The van der Waals surface area contributed by atoms with Gasteiger partial charge in [0.1, 0.15) is 0 Å². The molecule has 2 rings (SSSR count). The highest BCUT2D eigenvalue weighted by Gasteiger charge is 2.25. The summed E-state index contributed by atoms with van der Waals surface area (Å²) < 4.78 is 0. The maximum atomic E-state index is 5.83. The number of hydrogen-bond acceptors (Lipinski definition) is 3. The molecule has 0 spiro atoms. The number of nitrogens with one attached hydrogen (secondary N) is 1. The number of thioether (sulfide) groups is 1. The molecule has 1 heterocycles. The Morgan fingerprint density at radius 3 is 2.73 bits per heavy atom. The predicted molar refractivity (Wildman–Crippen MR) is 68.3 cm³/mol. The van der Waals surface area contributed by atoms with Gasteiger partial charge in [-0.3, -0.25) is 0 Å². The van der Waals surface area contributed by atoms with Gasteiger partial charge in [0, 0.05) is 17.8 Å². The normalized spacial score (nSPS) is 37.0. The first kappa shape index (κ1) is 11.7. The van der Waals surface area contributed by atoms with Gasteiger partial charge in [-0.1, -0.05) is 12.8 Å². The summed E-state index contributed by atoms with van der Waals surface area (Å²) in [5.74, 6) is 2.11. The first-order chi connectivity index (χ1) is 7.40. The van der Waals surface area contributed by atoms with Crippen molar-refractivity contribution in [1.29, 1.82) is 0 Å². The minimum absolute atomic E-state index is 0.713. The number of nitrogens with two attached hydrogens (primary N) is 1. The summed E-state index contributed by atoms with van der Waals surface area (Å²) in [4.78, 5) is 0. The Hall–Kier alpha value is 0.270. The second kappa shape index (κ2) is 6.12. The van der Waals surface area contributed by atoms with Crippen LogP contribution in [-0.4, -0.2) is 30.1 Å². The van der Waals surface area contributed by atoms with E-state index in [9.17, 15) is 0 Å². The predicted octanol–water partition coefficient (Wildman–Crippen LogP) is 1.99. The molecule has 3 unspecified atom stereocenters. The van der Waals surface area contributed by atoms with Crippen LogP contribution in [0.15, 0.2) is 0 Å². The van der Waals surface area contributed by atoms with E-state index < -0.39 is 0 Å². The molecule has 15 heavy (non-hydrogen) atoms. The molecule has 88 valence electrons. The maximum absolute atomic E-state index is 5.83. The molecule has 0 aromatic carbocycles. The van der Waals surface area contributed by atoms with Crippen LogP contribution in [0.5, 0.6) is 0 Å². The van der Waals surface area contributed by atoms with Gasteiger partial charge < -0.3 is 11.1 Å². The van der Waals surface area contributed by atoms with E-state index in [4.69, 9.17) is 5.73 Å². The lowest BCUT2D eigenvalue weighted by molar-refractivity contribution is 0.268. The Balaban J connectivity index is 1.71. The summed E-state index contributed by atoms with van der Waals surface area (Å²) in [5.41, 5.74) is 5.83. The van der Waals surface area contributed by atoms with Gasteiger partial charge in [0.15, 0.2) is 0 Å². The van der Waals surface area contributed by atoms with Crippen molar-refractivity contribution in [1.82, 2.24) is 5.32 Å². The third-order valence-electron chi connectivity index (χ3n) is 3.84. The van der Waals surface area contributed by atoms with Gasteiger partial charge in [-0.25, -0.2) is 0 Å². The van der Waals surface area contributed by atoms with E-state index in [-0.39, 0.29) is 0 Å². The lowest BCUT2D eigenvalue weighted by atomic mass is 9.84. The summed E-state index contributed by atoms with van der Waals surface area (Å²) in [6.07, 6.45) is 8.30. The largest absolute Gasteiger partial charge is 0.330 e. The summed E-state index contributed by atoms with van der Waals surface area (Å²) in [6.45, 7) is 2.08. The van der Waals surface area contributed by atoms with Crippen molar-refractivity contribution in [3.05, 3.63) is 0 Å². The van der Waals surface area contributed by atoms with Crippen molar-refractivity contribution in [3.8, 4) is 0 Å². The Morgan fingerprint density at radius 1 is 1.13 bits per heavy atom. The van der Waals surface area contributed by atoms with Gasteiger partial charge in [-0.2, -0.15) is 11.8 Å². The Bertz CT molecular complexity index is 180. The lowest BCUT2D eigenvalue weighted by Gasteiger charge is -2.32. The van der Waals surface area contributed by atoms with E-state index >= 15 is 0 Å². The zero-order valence-corrected chi connectivity index (χ0v) is 10.4. The maximum Gasteiger partial charge on any atom is 0.0172 e. The van der Waals surface area contributed by atoms with Crippen LogP contribution in [0.1, 0.15) is 38.5 Å². The molecule has 0 bridgehead atoms. The summed E-state index contributed by atoms with van der Waals surface area (Å²) in [5, 5.41) is 4.64. The topological polar surface area (TPSA) is 38.0 Å². The second-order valence-corrected chi connectivity index (χ2v) is 6.34. The molecule has 0 aromatic rings. The van der Waals surface area contributed by atoms with Crippen molar-refractivity contribution in [2.24, 2.45) is 11.7 Å². The third kappa shape index (κ3) is 3.36. The molecular weight excluding hydrogens is 204 g/mol. The van der Waals surface area contributed by atoms with Gasteiger partial charge in [-0.05, 0) is 43.9 Å². The summed E-state index contributed by atoms with van der Waals surface area (Å²) in [6, 6.07) is 0.713.